The van der Waals surface area contributed by atoms with E-state index in [1.54, 1.807) is 0 Å². The Balaban J connectivity index is 0.00000243. The summed E-state index contributed by atoms with van der Waals surface area (Å²) < 4.78 is 2.02. The van der Waals surface area contributed by atoms with Crippen molar-refractivity contribution in [1.82, 2.24) is 25.0 Å². The molecule has 1 spiro atoms. The van der Waals surface area contributed by atoms with Gasteiger partial charge in [0.15, 0.2) is 11.8 Å². The van der Waals surface area contributed by atoms with E-state index in [0.29, 0.717) is 12.0 Å². The van der Waals surface area contributed by atoms with Gasteiger partial charge in [0.05, 0.1) is 0 Å². The lowest BCUT2D eigenvalue weighted by molar-refractivity contribution is 0.115. The van der Waals surface area contributed by atoms with Crippen LogP contribution in [0.5, 0.6) is 0 Å². The highest BCUT2D eigenvalue weighted by atomic mass is 127. The molecule has 0 radical (unpaired) electrons. The van der Waals surface area contributed by atoms with Crippen molar-refractivity contribution in [3.05, 3.63) is 11.6 Å². The zero-order valence-corrected chi connectivity index (χ0v) is 19.0. The van der Waals surface area contributed by atoms with Gasteiger partial charge in [0, 0.05) is 26.7 Å². The Morgan fingerprint density at radius 3 is 2.42 bits per heavy atom. The van der Waals surface area contributed by atoms with E-state index in [9.17, 15) is 0 Å². The second-order valence-electron chi connectivity index (χ2n) is 7.83. The monoisotopic (exact) mass is 474 g/mol. The maximum atomic E-state index is 4.89. The second-order valence-corrected chi connectivity index (χ2v) is 7.83. The van der Waals surface area contributed by atoms with Gasteiger partial charge in [-0.15, -0.1) is 34.2 Å². The average molecular weight is 474 g/mol. The molecule has 3 rings (SSSR count). The molecule has 7 heteroatoms. The van der Waals surface area contributed by atoms with Crippen LogP contribution in [0.1, 0.15) is 69.9 Å². The lowest BCUT2D eigenvalue weighted by Gasteiger charge is -2.44. The van der Waals surface area contributed by atoms with Crippen molar-refractivity contribution in [3.8, 4) is 0 Å². The van der Waals surface area contributed by atoms with Gasteiger partial charge in [-0.3, -0.25) is 0 Å². The number of aliphatic imine (C=N–C) groups is 1. The number of aromatic nitrogens is 3. The zero-order valence-electron chi connectivity index (χ0n) is 16.6. The van der Waals surface area contributed by atoms with Gasteiger partial charge in [0.1, 0.15) is 12.4 Å². The molecular weight excluding hydrogens is 439 g/mol. The highest BCUT2D eigenvalue weighted by Gasteiger charge is 2.36. The Labute approximate surface area is 175 Å². The van der Waals surface area contributed by atoms with Gasteiger partial charge in [0.25, 0.3) is 0 Å². The average Bonchev–Trinajstić information content (AvgIpc) is 2.81. The molecule has 0 amide bonds. The summed E-state index contributed by atoms with van der Waals surface area (Å²) in [6, 6.07) is 0. The topological polar surface area (TPSA) is 58.3 Å². The van der Waals surface area contributed by atoms with Gasteiger partial charge in [-0.2, -0.15) is 0 Å². The Kier molecular flexibility index (Phi) is 8.16. The molecule has 0 bridgehead atoms. The molecule has 1 aromatic heterocycles. The van der Waals surface area contributed by atoms with E-state index >= 15 is 0 Å². The first-order valence-corrected chi connectivity index (χ1v) is 10.0. The van der Waals surface area contributed by atoms with Crippen molar-refractivity contribution in [2.45, 2.75) is 71.8 Å². The summed E-state index contributed by atoms with van der Waals surface area (Å²) in [5.41, 5.74) is 0.520. The van der Waals surface area contributed by atoms with Gasteiger partial charge in [-0.05, 0) is 44.9 Å². The van der Waals surface area contributed by atoms with Crippen molar-refractivity contribution >= 4 is 29.9 Å². The van der Waals surface area contributed by atoms with E-state index in [-0.39, 0.29) is 24.0 Å². The summed E-state index contributed by atoms with van der Waals surface area (Å²) in [7, 11) is 2.01. The number of hydrogen-bond acceptors (Lipinski definition) is 3. The van der Waals surface area contributed by atoms with Crippen LogP contribution in [0.25, 0.3) is 0 Å². The second kappa shape index (κ2) is 9.90. The fraction of sp³-hybridized carbons (Fsp3) is 0.842. The van der Waals surface area contributed by atoms with Gasteiger partial charge >= 0.3 is 0 Å². The molecule has 1 aromatic rings. The van der Waals surface area contributed by atoms with Gasteiger partial charge in [-0.25, -0.2) is 4.99 Å². The van der Waals surface area contributed by atoms with Crippen molar-refractivity contribution in [1.29, 1.82) is 0 Å². The van der Waals surface area contributed by atoms with Crippen LogP contribution in [0.4, 0.5) is 0 Å². The predicted molar refractivity (Wildman–Crippen MR) is 117 cm³/mol. The molecule has 1 aliphatic heterocycles. The SMILES string of the molecule is CCNC(=NCc1nnc(C)n1C)N1CCCC2(CCCCCC2)C1.I. The minimum absolute atomic E-state index is 0. The molecule has 0 unspecified atom stereocenters. The molecule has 1 saturated carbocycles. The minimum atomic E-state index is 0. The van der Waals surface area contributed by atoms with Crippen LogP contribution in [0.2, 0.25) is 0 Å². The van der Waals surface area contributed by atoms with Crippen molar-refractivity contribution in [2.24, 2.45) is 17.5 Å². The van der Waals surface area contributed by atoms with Crippen LogP contribution in [-0.2, 0) is 13.6 Å². The molecule has 1 N–H and O–H groups in total. The standard InChI is InChI=1S/C19H34N6.HI/c1-4-20-18(21-14-17-23-22-16(2)24(17)3)25-13-9-12-19(15-25)10-7-5-6-8-11-19;/h4-15H2,1-3H3,(H,20,21);1H. The summed E-state index contributed by atoms with van der Waals surface area (Å²) in [4.78, 5) is 7.39. The normalized spacial score (nSPS) is 20.6. The molecule has 2 fully saturated rings. The molecule has 6 nitrogen and oxygen atoms in total. The van der Waals surface area contributed by atoms with Crippen molar-refractivity contribution in [2.75, 3.05) is 19.6 Å². The van der Waals surface area contributed by atoms with E-state index in [0.717, 1.165) is 37.2 Å². The smallest absolute Gasteiger partial charge is 0.194 e. The van der Waals surface area contributed by atoms with Gasteiger partial charge < -0.3 is 14.8 Å². The van der Waals surface area contributed by atoms with Crippen LogP contribution in [0.3, 0.4) is 0 Å². The quantitative estimate of drug-likeness (QED) is 0.413. The summed E-state index contributed by atoms with van der Waals surface area (Å²) in [5, 5.41) is 11.9. The third-order valence-corrected chi connectivity index (χ3v) is 6.01. The molecule has 2 aliphatic rings. The molecule has 0 atom stereocenters. The van der Waals surface area contributed by atoms with Gasteiger partial charge in [-0.1, -0.05) is 25.7 Å². The Hall–Kier alpha value is -0.860. The number of piperidine rings is 1. The Morgan fingerprint density at radius 2 is 1.81 bits per heavy atom. The largest absolute Gasteiger partial charge is 0.357 e. The summed E-state index contributed by atoms with van der Waals surface area (Å²) in [6.45, 7) is 7.89. The van der Waals surface area contributed by atoms with Crippen LogP contribution in [0.15, 0.2) is 4.99 Å². The lowest BCUT2D eigenvalue weighted by atomic mass is 9.74. The summed E-state index contributed by atoms with van der Waals surface area (Å²) >= 11 is 0. The number of hydrogen-bond donors (Lipinski definition) is 1. The van der Waals surface area contributed by atoms with E-state index in [1.807, 2.05) is 18.5 Å². The summed E-state index contributed by atoms with van der Waals surface area (Å²) in [6.07, 6.45) is 11.1. The Morgan fingerprint density at radius 1 is 1.12 bits per heavy atom. The fourth-order valence-corrected chi connectivity index (χ4v) is 4.44. The van der Waals surface area contributed by atoms with Crippen LogP contribution >= 0.6 is 24.0 Å². The first kappa shape index (κ1) is 21.4. The number of guanidine groups is 1. The molecule has 1 aliphatic carbocycles. The highest BCUT2D eigenvalue weighted by molar-refractivity contribution is 14.0. The number of halogens is 1. The summed E-state index contributed by atoms with van der Waals surface area (Å²) in [5.74, 6) is 2.91. The number of rotatable bonds is 3. The highest BCUT2D eigenvalue weighted by Crippen LogP contribution is 2.42. The maximum absolute atomic E-state index is 4.89. The first-order chi connectivity index (χ1) is 12.1. The third-order valence-electron chi connectivity index (χ3n) is 6.01. The number of aryl methyl sites for hydroxylation is 1. The zero-order chi connectivity index (χ0) is 17.7. The van der Waals surface area contributed by atoms with Crippen molar-refractivity contribution < 1.29 is 0 Å². The van der Waals surface area contributed by atoms with E-state index in [1.165, 1.54) is 51.4 Å². The number of likely N-dealkylation sites (tertiary alicyclic amines) is 1. The molecular formula is C19H35IN6. The molecule has 1 saturated heterocycles. The van der Waals surface area contributed by atoms with Crippen molar-refractivity contribution in [3.63, 3.8) is 0 Å². The molecule has 26 heavy (non-hydrogen) atoms. The van der Waals surface area contributed by atoms with Crippen LogP contribution in [-0.4, -0.2) is 45.3 Å². The Bertz CT molecular complexity index is 589. The van der Waals surface area contributed by atoms with E-state index in [2.05, 4.69) is 27.3 Å². The maximum Gasteiger partial charge on any atom is 0.194 e. The number of nitrogens with zero attached hydrogens (tertiary/aromatic N) is 5. The fourth-order valence-electron chi connectivity index (χ4n) is 4.44. The van der Waals surface area contributed by atoms with E-state index in [4.69, 9.17) is 4.99 Å². The van der Waals surface area contributed by atoms with Crippen LogP contribution < -0.4 is 5.32 Å². The van der Waals surface area contributed by atoms with Crippen LogP contribution in [0, 0.1) is 12.3 Å². The molecule has 0 aromatic carbocycles. The van der Waals surface area contributed by atoms with E-state index < -0.39 is 0 Å². The number of nitrogens with one attached hydrogen (secondary N) is 1. The predicted octanol–water partition coefficient (Wildman–Crippen LogP) is 3.64. The third kappa shape index (κ3) is 5.10. The lowest BCUT2D eigenvalue weighted by Crippen LogP contribution is -2.50. The first-order valence-electron chi connectivity index (χ1n) is 10.0. The van der Waals surface area contributed by atoms with Gasteiger partial charge in [0.2, 0.25) is 0 Å². The molecule has 148 valence electrons. The molecule has 2 heterocycles. The minimum Gasteiger partial charge on any atom is -0.357 e.